The van der Waals surface area contributed by atoms with E-state index in [1.165, 1.54) is 19.3 Å². The maximum atomic E-state index is 3.84. The number of unbranched alkanes of at least 4 members (excludes halogenated alkanes) is 2. The van der Waals surface area contributed by atoms with Gasteiger partial charge in [0.05, 0.1) is 0 Å². The summed E-state index contributed by atoms with van der Waals surface area (Å²) in [6, 6.07) is 0. The van der Waals surface area contributed by atoms with Crippen LogP contribution in [0, 0.1) is 18.3 Å². The van der Waals surface area contributed by atoms with E-state index in [0.717, 1.165) is 12.3 Å². The van der Waals surface area contributed by atoms with Crippen molar-refractivity contribution in [2.24, 2.45) is 11.3 Å². The van der Waals surface area contributed by atoms with E-state index >= 15 is 0 Å². The van der Waals surface area contributed by atoms with E-state index in [9.17, 15) is 0 Å². The molecule has 0 aliphatic carbocycles. The fourth-order valence-electron chi connectivity index (χ4n) is 1.06. The normalized spacial score (nSPS) is 15.0. The average molecular weight is 155 g/mol. The lowest BCUT2D eigenvalue weighted by Crippen LogP contribution is -2.16. The van der Waals surface area contributed by atoms with Gasteiger partial charge in [0.2, 0.25) is 0 Å². The van der Waals surface area contributed by atoms with Crippen molar-refractivity contribution < 1.29 is 0 Å². The lowest BCUT2D eigenvalue weighted by atomic mass is 9.79. The maximum Gasteiger partial charge on any atom is -0.0357 e. The third-order valence-electron chi connectivity index (χ3n) is 2.62. The van der Waals surface area contributed by atoms with Gasteiger partial charge >= 0.3 is 0 Å². The molecule has 0 aromatic heterocycles. The van der Waals surface area contributed by atoms with Crippen LogP contribution in [0.3, 0.4) is 0 Å². The summed E-state index contributed by atoms with van der Waals surface area (Å²) in [5.74, 6) is 0.842. The van der Waals surface area contributed by atoms with E-state index in [4.69, 9.17) is 0 Å². The molecule has 1 radical (unpaired) electrons. The Labute approximate surface area is 72.4 Å². The van der Waals surface area contributed by atoms with Crippen molar-refractivity contribution in [1.29, 1.82) is 0 Å². The van der Waals surface area contributed by atoms with E-state index in [2.05, 4.69) is 34.6 Å². The van der Waals surface area contributed by atoms with Crippen LogP contribution in [0.4, 0.5) is 0 Å². The van der Waals surface area contributed by atoms with Gasteiger partial charge in [-0.2, -0.15) is 0 Å². The standard InChI is InChI=1S/C11H23/c1-6-7-8-9-10(2)11(3,4)5/h10H,1,6-9H2,2-5H3. The monoisotopic (exact) mass is 155 g/mol. The Morgan fingerprint density at radius 3 is 2.09 bits per heavy atom. The van der Waals surface area contributed by atoms with Gasteiger partial charge < -0.3 is 0 Å². The lowest BCUT2D eigenvalue weighted by molar-refractivity contribution is 0.241. The van der Waals surface area contributed by atoms with Crippen molar-refractivity contribution in [2.45, 2.75) is 53.4 Å². The van der Waals surface area contributed by atoms with Gasteiger partial charge in [-0.05, 0) is 11.3 Å². The van der Waals surface area contributed by atoms with Crippen LogP contribution in [0.25, 0.3) is 0 Å². The highest BCUT2D eigenvalue weighted by Crippen LogP contribution is 2.29. The van der Waals surface area contributed by atoms with Gasteiger partial charge in [0, 0.05) is 0 Å². The first-order valence-electron chi connectivity index (χ1n) is 4.77. The number of rotatable bonds is 4. The summed E-state index contributed by atoms with van der Waals surface area (Å²) in [5.41, 5.74) is 0.487. The molecular weight excluding hydrogens is 132 g/mol. The summed E-state index contributed by atoms with van der Waals surface area (Å²) >= 11 is 0. The molecule has 0 spiro atoms. The van der Waals surface area contributed by atoms with E-state index in [-0.39, 0.29) is 0 Å². The fourth-order valence-corrected chi connectivity index (χ4v) is 1.06. The highest BCUT2D eigenvalue weighted by molar-refractivity contribution is 4.69. The Balaban J connectivity index is 3.44. The molecule has 1 atom stereocenters. The number of hydrogen-bond acceptors (Lipinski definition) is 0. The van der Waals surface area contributed by atoms with Crippen LogP contribution in [0.2, 0.25) is 0 Å². The largest absolute Gasteiger partial charge is 0.0620 e. The minimum atomic E-state index is 0.487. The third kappa shape index (κ3) is 5.29. The molecule has 0 aliphatic heterocycles. The molecule has 0 heteroatoms. The molecule has 0 aliphatic rings. The summed E-state index contributed by atoms with van der Waals surface area (Å²) in [4.78, 5) is 0. The average Bonchev–Trinajstić information content (AvgIpc) is 1.86. The topological polar surface area (TPSA) is 0 Å². The predicted octanol–water partition coefficient (Wildman–Crippen LogP) is 4.06. The van der Waals surface area contributed by atoms with Crippen LogP contribution in [-0.2, 0) is 0 Å². The minimum absolute atomic E-state index is 0.487. The Kier molecular flexibility index (Phi) is 4.79. The van der Waals surface area contributed by atoms with Gasteiger partial charge in [0.15, 0.2) is 0 Å². The molecule has 67 valence electrons. The van der Waals surface area contributed by atoms with E-state index in [1.807, 2.05) is 0 Å². The van der Waals surface area contributed by atoms with Crippen molar-refractivity contribution in [1.82, 2.24) is 0 Å². The first-order chi connectivity index (χ1) is 4.98. The molecule has 0 N–H and O–H groups in total. The molecule has 0 fully saturated rings. The Morgan fingerprint density at radius 1 is 1.18 bits per heavy atom. The molecule has 0 saturated heterocycles. The smallest absolute Gasteiger partial charge is 0.0357 e. The Hall–Kier alpha value is 0. The van der Waals surface area contributed by atoms with Crippen LogP contribution in [0.5, 0.6) is 0 Å². The first kappa shape index (κ1) is 11.0. The van der Waals surface area contributed by atoms with E-state index in [1.54, 1.807) is 0 Å². The van der Waals surface area contributed by atoms with Crippen molar-refractivity contribution in [2.75, 3.05) is 0 Å². The molecule has 0 aromatic rings. The molecule has 1 unspecified atom stereocenters. The highest BCUT2D eigenvalue weighted by atomic mass is 14.2. The molecule has 0 aromatic carbocycles. The van der Waals surface area contributed by atoms with Gasteiger partial charge in [0.1, 0.15) is 0 Å². The third-order valence-corrected chi connectivity index (χ3v) is 2.62. The molecule has 0 saturated carbocycles. The quantitative estimate of drug-likeness (QED) is 0.537. The van der Waals surface area contributed by atoms with Crippen molar-refractivity contribution in [3.05, 3.63) is 6.92 Å². The number of hydrogen-bond donors (Lipinski definition) is 0. The van der Waals surface area contributed by atoms with Gasteiger partial charge in [-0.1, -0.05) is 60.3 Å². The van der Waals surface area contributed by atoms with Gasteiger partial charge in [0.25, 0.3) is 0 Å². The summed E-state index contributed by atoms with van der Waals surface area (Å²) in [5, 5.41) is 0. The Morgan fingerprint density at radius 2 is 1.73 bits per heavy atom. The summed E-state index contributed by atoms with van der Waals surface area (Å²) in [7, 11) is 0. The van der Waals surface area contributed by atoms with Crippen molar-refractivity contribution >= 4 is 0 Å². The second-order valence-electron chi connectivity index (χ2n) is 4.62. The van der Waals surface area contributed by atoms with Gasteiger partial charge in [-0.25, -0.2) is 0 Å². The molecule has 11 heavy (non-hydrogen) atoms. The summed E-state index contributed by atoms with van der Waals surface area (Å²) in [6.45, 7) is 13.2. The van der Waals surface area contributed by atoms with Gasteiger partial charge in [-0.3, -0.25) is 0 Å². The second kappa shape index (κ2) is 4.79. The maximum absolute atomic E-state index is 3.84. The zero-order valence-electron chi connectivity index (χ0n) is 8.61. The fraction of sp³-hybridized carbons (Fsp3) is 0.909. The molecule has 0 amide bonds. The molecule has 0 rings (SSSR count). The minimum Gasteiger partial charge on any atom is -0.0620 e. The van der Waals surface area contributed by atoms with Crippen LogP contribution in [0.1, 0.15) is 53.4 Å². The van der Waals surface area contributed by atoms with E-state index < -0.39 is 0 Å². The SMILES string of the molecule is [CH2]CCCCC(C)C(C)(C)C. The molecule has 0 nitrogen and oxygen atoms in total. The van der Waals surface area contributed by atoms with Crippen molar-refractivity contribution in [3.63, 3.8) is 0 Å². The molecular formula is C11H23. The molecule has 0 heterocycles. The summed E-state index contributed by atoms with van der Waals surface area (Å²) < 4.78 is 0. The van der Waals surface area contributed by atoms with Crippen LogP contribution in [0.15, 0.2) is 0 Å². The highest BCUT2D eigenvalue weighted by Gasteiger charge is 2.18. The van der Waals surface area contributed by atoms with Crippen molar-refractivity contribution in [3.8, 4) is 0 Å². The zero-order valence-corrected chi connectivity index (χ0v) is 8.61. The van der Waals surface area contributed by atoms with Crippen LogP contribution < -0.4 is 0 Å². The predicted molar refractivity (Wildman–Crippen MR) is 52.4 cm³/mol. The van der Waals surface area contributed by atoms with E-state index in [0.29, 0.717) is 5.41 Å². The van der Waals surface area contributed by atoms with Crippen LogP contribution in [-0.4, -0.2) is 0 Å². The molecule has 0 bridgehead atoms. The first-order valence-corrected chi connectivity index (χ1v) is 4.77. The summed E-state index contributed by atoms with van der Waals surface area (Å²) in [6.07, 6.45) is 5.10. The van der Waals surface area contributed by atoms with Gasteiger partial charge in [-0.15, -0.1) is 0 Å². The Bertz CT molecular complexity index is 86.7. The lowest BCUT2D eigenvalue weighted by Gasteiger charge is -2.27. The zero-order chi connectivity index (χ0) is 8.91. The van der Waals surface area contributed by atoms with Crippen LogP contribution >= 0.6 is 0 Å². The second-order valence-corrected chi connectivity index (χ2v) is 4.62.